The lowest BCUT2D eigenvalue weighted by Gasteiger charge is -2.24. The fourth-order valence-electron chi connectivity index (χ4n) is 3.19. The summed E-state index contributed by atoms with van der Waals surface area (Å²) < 4.78 is 15.8. The van der Waals surface area contributed by atoms with Crippen LogP contribution in [0.3, 0.4) is 0 Å². The first-order chi connectivity index (χ1) is 12.0. The van der Waals surface area contributed by atoms with Crippen molar-refractivity contribution in [2.24, 2.45) is 5.41 Å². The molecular formula is C20H26O5. The van der Waals surface area contributed by atoms with Gasteiger partial charge in [-0.2, -0.15) is 0 Å². The van der Waals surface area contributed by atoms with Gasteiger partial charge < -0.3 is 14.2 Å². The summed E-state index contributed by atoms with van der Waals surface area (Å²) in [4.78, 5) is 24.5. The predicted molar refractivity (Wildman–Crippen MR) is 93.7 cm³/mol. The molecule has 1 heterocycles. The first-order valence-corrected chi connectivity index (χ1v) is 8.62. The normalized spacial score (nSPS) is 22.7. The van der Waals surface area contributed by atoms with E-state index >= 15 is 0 Å². The van der Waals surface area contributed by atoms with E-state index < -0.39 is 17.5 Å². The fraction of sp³-hybridized carbons (Fsp3) is 0.500. The molecule has 1 fully saturated rings. The smallest absolute Gasteiger partial charge is 0.316 e. The highest BCUT2D eigenvalue weighted by atomic mass is 16.6. The largest absolute Gasteiger partial charge is 0.461 e. The second-order valence-electron chi connectivity index (χ2n) is 6.30. The van der Waals surface area contributed by atoms with Gasteiger partial charge in [-0.25, -0.2) is 0 Å². The molecule has 0 bridgehead atoms. The van der Waals surface area contributed by atoms with Crippen LogP contribution in [0.4, 0.5) is 0 Å². The lowest BCUT2D eigenvalue weighted by atomic mass is 9.74. The first kappa shape index (κ1) is 19.2. The molecule has 5 nitrogen and oxygen atoms in total. The van der Waals surface area contributed by atoms with Gasteiger partial charge in [0.1, 0.15) is 12.7 Å². The lowest BCUT2D eigenvalue weighted by molar-refractivity contribution is -0.153. The van der Waals surface area contributed by atoms with Crippen LogP contribution in [0.2, 0.25) is 0 Å². The van der Waals surface area contributed by atoms with Gasteiger partial charge in [0.25, 0.3) is 0 Å². The molecule has 0 N–H and O–H groups in total. The molecule has 25 heavy (non-hydrogen) atoms. The van der Waals surface area contributed by atoms with E-state index in [2.05, 4.69) is 6.58 Å². The maximum Gasteiger partial charge on any atom is 0.316 e. The number of methoxy groups -OCH3 is 1. The average molecular weight is 346 g/mol. The third kappa shape index (κ3) is 4.48. The molecule has 1 aromatic carbocycles. The van der Waals surface area contributed by atoms with Crippen LogP contribution in [0.15, 0.2) is 42.5 Å². The van der Waals surface area contributed by atoms with E-state index in [-0.39, 0.29) is 19.0 Å². The molecular weight excluding hydrogens is 320 g/mol. The van der Waals surface area contributed by atoms with E-state index in [4.69, 9.17) is 14.2 Å². The van der Waals surface area contributed by atoms with Gasteiger partial charge in [0.2, 0.25) is 0 Å². The molecule has 1 aromatic rings. The summed E-state index contributed by atoms with van der Waals surface area (Å²) in [6.45, 7) is 6.79. The Kier molecular flexibility index (Phi) is 6.76. The van der Waals surface area contributed by atoms with Crippen molar-refractivity contribution in [2.45, 2.75) is 45.3 Å². The molecule has 0 spiro atoms. The summed E-state index contributed by atoms with van der Waals surface area (Å²) in [7, 11) is 1.63. The molecule has 1 aliphatic rings. The molecule has 2 atom stereocenters. The predicted octanol–water partition coefficient (Wildman–Crippen LogP) is 3.42. The zero-order valence-corrected chi connectivity index (χ0v) is 15.0. The van der Waals surface area contributed by atoms with Gasteiger partial charge >= 0.3 is 11.9 Å². The Labute approximate surface area is 149 Å². The van der Waals surface area contributed by atoms with Crippen LogP contribution in [0.25, 0.3) is 0 Å². The lowest BCUT2D eigenvalue weighted by Crippen LogP contribution is -2.28. The highest BCUT2D eigenvalue weighted by molar-refractivity contribution is 5.85. The summed E-state index contributed by atoms with van der Waals surface area (Å²) in [6, 6.07) is 9.46. The summed E-state index contributed by atoms with van der Waals surface area (Å²) >= 11 is 0. The number of ether oxygens (including phenoxy) is 3. The molecule has 0 saturated carbocycles. The third-order valence-corrected chi connectivity index (χ3v) is 4.79. The molecule has 0 amide bonds. The Morgan fingerprint density at radius 3 is 2.68 bits per heavy atom. The zero-order valence-electron chi connectivity index (χ0n) is 15.0. The Balaban J connectivity index is 1.92. The fourth-order valence-corrected chi connectivity index (χ4v) is 3.19. The molecule has 0 aliphatic carbocycles. The minimum atomic E-state index is -0.719. The van der Waals surface area contributed by atoms with Crippen LogP contribution >= 0.6 is 0 Å². The summed E-state index contributed by atoms with van der Waals surface area (Å²) in [5.74, 6) is -0.691. The van der Waals surface area contributed by atoms with Crippen LogP contribution in [0.5, 0.6) is 0 Å². The van der Waals surface area contributed by atoms with Crippen molar-refractivity contribution >= 4 is 11.9 Å². The number of carbonyl (C=O) groups excluding carboxylic acids is 2. The van der Waals surface area contributed by atoms with Gasteiger partial charge in [-0.1, -0.05) is 43.8 Å². The van der Waals surface area contributed by atoms with E-state index in [0.29, 0.717) is 25.0 Å². The van der Waals surface area contributed by atoms with Crippen molar-refractivity contribution in [1.29, 1.82) is 0 Å². The van der Waals surface area contributed by atoms with Gasteiger partial charge in [0.05, 0.1) is 11.8 Å². The van der Waals surface area contributed by atoms with Crippen LogP contribution in [-0.2, 0) is 30.4 Å². The minimum absolute atomic E-state index is 0.00341. The molecule has 1 aliphatic heterocycles. The third-order valence-electron chi connectivity index (χ3n) is 4.79. The Morgan fingerprint density at radius 1 is 1.32 bits per heavy atom. The van der Waals surface area contributed by atoms with Gasteiger partial charge in [-0.05, 0) is 30.4 Å². The van der Waals surface area contributed by atoms with Crippen molar-refractivity contribution in [1.82, 2.24) is 0 Å². The van der Waals surface area contributed by atoms with Crippen molar-refractivity contribution < 1.29 is 23.8 Å². The second-order valence-corrected chi connectivity index (χ2v) is 6.30. The molecule has 0 aromatic heterocycles. The number of hydrogen-bond donors (Lipinski definition) is 0. The quantitative estimate of drug-likeness (QED) is 0.389. The number of esters is 2. The van der Waals surface area contributed by atoms with Gasteiger partial charge in [-0.3, -0.25) is 9.59 Å². The van der Waals surface area contributed by atoms with E-state index in [9.17, 15) is 9.59 Å². The highest BCUT2D eigenvalue weighted by Crippen LogP contribution is 2.45. The number of rotatable bonds is 9. The van der Waals surface area contributed by atoms with Crippen LogP contribution in [0, 0.1) is 5.41 Å². The monoisotopic (exact) mass is 346 g/mol. The zero-order chi connectivity index (χ0) is 18.3. The van der Waals surface area contributed by atoms with Crippen LogP contribution in [-0.4, -0.2) is 31.8 Å². The number of cyclic esters (lactones) is 1. The standard InChI is InChI=1S/C20H26O5/c1-4-20(11-8-12-23-3)15(2)17(25-19(20)22)13-18(21)24-14-16-9-6-5-7-10-16/h5-7,9-10,17H,2,4,8,11-14H2,1,3H3/t17-,20?/m0/s1. The highest BCUT2D eigenvalue weighted by Gasteiger charge is 2.51. The molecule has 1 saturated heterocycles. The van der Waals surface area contributed by atoms with Crippen molar-refractivity contribution in [3.05, 3.63) is 48.0 Å². The number of benzene rings is 1. The van der Waals surface area contributed by atoms with E-state index in [0.717, 1.165) is 12.0 Å². The summed E-state index contributed by atoms with van der Waals surface area (Å²) in [5.41, 5.74) is 0.872. The second kappa shape index (κ2) is 8.81. The topological polar surface area (TPSA) is 61.8 Å². The number of carbonyl (C=O) groups is 2. The maximum absolute atomic E-state index is 12.4. The SMILES string of the molecule is C=C1[C@H](CC(=O)OCc2ccccc2)OC(=O)C1(CC)CCCOC. The number of hydrogen-bond acceptors (Lipinski definition) is 5. The summed E-state index contributed by atoms with van der Waals surface area (Å²) in [5, 5.41) is 0. The Hall–Kier alpha value is -2.14. The van der Waals surface area contributed by atoms with Gasteiger partial charge in [0, 0.05) is 13.7 Å². The first-order valence-electron chi connectivity index (χ1n) is 8.62. The summed E-state index contributed by atoms with van der Waals surface area (Å²) in [6.07, 6.45) is 1.35. The maximum atomic E-state index is 12.4. The Bertz CT molecular complexity index is 610. The molecule has 136 valence electrons. The minimum Gasteiger partial charge on any atom is -0.461 e. The van der Waals surface area contributed by atoms with Gasteiger partial charge in [0.15, 0.2) is 0 Å². The van der Waals surface area contributed by atoms with Crippen molar-refractivity contribution in [2.75, 3.05) is 13.7 Å². The van der Waals surface area contributed by atoms with Crippen LogP contribution < -0.4 is 0 Å². The van der Waals surface area contributed by atoms with E-state index in [1.54, 1.807) is 7.11 Å². The molecule has 2 rings (SSSR count). The molecule has 1 unspecified atom stereocenters. The van der Waals surface area contributed by atoms with Crippen LogP contribution in [0.1, 0.15) is 38.2 Å². The van der Waals surface area contributed by atoms with Crippen molar-refractivity contribution in [3.8, 4) is 0 Å². The van der Waals surface area contributed by atoms with E-state index in [1.807, 2.05) is 37.3 Å². The van der Waals surface area contributed by atoms with E-state index in [1.165, 1.54) is 0 Å². The van der Waals surface area contributed by atoms with Gasteiger partial charge in [-0.15, -0.1) is 0 Å². The average Bonchev–Trinajstić information content (AvgIpc) is 2.85. The van der Waals surface area contributed by atoms with Crippen molar-refractivity contribution in [3.63, 3.8) is 0 Å². The Morgan fingerprint density at radius 2 is 2.04 bits per heavy atom. The molecule has 5 heteroatoms. The molecule has 0 radical (unpaired) electrons.